The van der Waals surface area contributed by atoms with Crippen molar-refractivity contribution in [3.05, 3.63) is 28.8 Å². The fraction of sp³-hybridized carbons (Fsp3) is 0.571. The van der Waals surface area contributed by atoms with Gasteiger partial charge in [-0.05, 0) is 43.1 Å². The Hall–Kier alpha value is -0.730. The van der Waals surface area contributed by atoms with Gasteiger partial charge in [-0.1, -0.05) is 38.4 Å². The molecule has 3 heteroatoms. The van der Waals surface area contributed by atoms with Gasteiger partial charge in [0.05, 0.1) is 5.02 Å². The summed E-state index contributed by atoms with van der Waals surface area (Å²) in [7, 11) is 2.10. The quantitative estimate of drug-likeness (QED) is 0.882. The van der Waals surface area contributed by atoms with E-state index < -0.39 is 0 Å². The van der Waals surface area contributed by atoms with Gasteiger partial charge in [-0.15, -0.1) is 0 Å². The Morgan fingerprint density at radius 2 is 1.94 bits per heavy atom. The third-order valence-corrected chi connectivity index (χ3v) is 3.01. The van der Waals surface area contributed by atoms with Crippen molar-refractivity contribution in [1.29, 1.82) is 0 Å². The first-order chi connectivity index (χ1) is 7.78. The maximum Gasteiger partial charge on any atom is 0.134 e. The summed E-state index contributed by atoms with van der Waals surface area (Å²) in [4.78, 5) is 2.27. The van der Waals surface area contributed by atoms with E-state index in [1.807, 2.05) is 12.1 Å². The summed E-state index contributed by atoms with van der Waals surface area (Å²) < 4.78 is 0. The van der Waals surface area contributed by atoms with Gasteiger partial charge in [0.1, 0.15) is 5.75 Å². The van der Waals surface area contributed by atoms with Crippen molar-refractivity contribution in [1.82, 2.24) is 4.90 Å². The van der Waals surface area contributed by atoms with E-state index in [9.17, 15) is 5.11 Å². The van der Waals surface area contributed by atoms with E-state index in [-0.39, 0.29) is 5.75 Å². The Morgan fingerprint density at radius 3 is 2.47 bits per heavy atom. The molecule has 2 nitrogen and oxygen atoms in total. The highest BCUT2D eigenvalue weighted by Crippen LogP contribution is 2.24. The SMILES string of the molecule is CN(CCC(C)(C)C)Cc1ccc(O)c(Cl)c1. The van der Waals surface area contributed by atoms with E-state index in [2.05, 4.69) is 32.7 Å². The Kier molecular flexibility index (Phi) is 4.84. The number of phenols is 1. The van der Waals surface area contributed by atoms with Crippen molar-refractivity contribution < 1.29 is 5.11 Å². The molecule has 1 rings (SSSR count). The van der Waals surface area contributed by atoms with Gasteiger partial charge in [0.2, 0.25) is 0 Å². The average Bonchev–Trinajstić information content (AvgIpc) is 2.20. The van der Waals surface area contributed by atoms with Crippen molar-refractivity contribution in [2.75, 3.05) is 13.6 Å². The first-order valence-corrected chi connectivity index (χ1v) is 6.32. The van der Waals surface area contributed by atoms with Crippen LogP contribution in [0.1, 0.15) is 32.8 Å². The first-order valence-electron chi connectivity index (χ1n) is 5.94. The van der Waals surface area contributed by atoms with Gasteiger partial charge in [0, 0.05) is 6.54 Å². The lowest BCUT2D eigenvalue weighted by Crippen LogP contribution is -2.23. The zero-order valence-electron chi connectivity index (χ0n) is 11.1. The van der Waals surface area contributed by atoms with E-state index in [0.29, 0.717) is 10.4 Å². The maximum atomic E-state index is 9.34. The van der Waals surface area contributed by atoms with Crippen LogP contribution in [-0.2, 0) is 6.54 Å². The summed E-state index contributed by atoms with van der Waals surface area (Å²) in [6.07, 6.45) is 1.16. The molecule has 0 aromatic heterocycles. The van der Waals surface area contributed by atoms with Crippen molar-refractivity contribution in [2.24, 2.45) is 5.41 Å². The van der Waals surface area contributed by atoms with Crippen LogP contribution in [-0.4, -0.2) is 23.6 Å². The number of aromatic hydroxyl groups is 1. The standard InChI is InChI=1S/C14H22ClNO/c1-14(2,3)7-8-16(4)10-11-5-6-13(17)12(15)9-11/h5-6,9,17H,7-8,10H2,1-4H3. The molecular formula is C14H22ClNO. The predicted molar refractivity (Wildman–Crippen MR) is 73.5 cm³/mol. The fourth-order valence-corrected chi connectivity index (χ4v) is 1.77. The molecular weight excluding hydrogens is 234 g/mol. The van der Waals surface area contributed by atoms with Crippen molar-refractivity contribution >= 4 is 11.6 Å². The normalized spacial score (nSPS) is 12.1. The molecule has 0 atom stereocenters. The molecule has 1 N–H and O–H groups in total. The number of halogens is 1. The molecule has 0 bridgehead atoms. The number of phenolic OH excluding ortho intramolecular Hbond substituents is 1. The van der Waals surface area contributed by atoms with Gasteiger partial charge >= 0.3 is 0 Å². The molecule has 0 amide bonds. The zero-order valence-corrected chi connectivity index (χ0v) is 11.9. The molecule has 1 aromatic carbocycles. The van der Waals surface area contributed by atoms with Crippen LogP contribution in [0.4, 0.5) is 0 Å². The molecule has 17 heavy (non-hydrogen) atoms. The highest BCUT2D eigenvalue weighted by molar-refractivity contribution is 6.32. The smallest absolute Gasteiger partial charge is 0.134 e. The average molecular weight is 256 g/mol. The lowest BCUT2D eigenvalue weighted by Gasteiger charge is -2.23. The van der Waals surface area contributed by atoms with Crippen LogP contribution in [0.5, 0.6) is 5.75 Å². The van der Waals surface area contributed by atoms with Crippen LogP contribution in [0, 0.1) is 5.41 Å². The highest BCUT2D eigenvalue weighted by Gasteiger charge is 2.11. The van der Waals surface area contributed by atoms with E-state index in [4.69, 9.17) is 11.6 Å². The van der Waals surface area contributed by atoms with Crippen molar-refractivity contribution in [2.45, 2.75) is 33.7 Å². The molecule has 0 spiro atoms. The van der Waals surface area contributed by atoms with Crippen LogP contribution in [0.15, 0.2) is 18.2 Å². The van der Waals surface area contributed by atoms with Crippen LogP contribution >= 0.6 is 11.6 Å². The molecule has 0 aliphatic rings. The van der Waals surface area contributed by atoms with Gasteiger partial charge in [-0.2, -0.15) is 0 Å². The Bertz CT molecular complexity index is 371. The Balaban J connectivity index is 2.50. The van der Waals surface area contributed by atoms with Crippen LogP contribution in [0.25, 0.3) is 0 Å². The molecule has 0 fully saturated rings. The summed E-state index contributed by atoms with van der Waals surface area (Å²) in [5, 5.41) is 9.77. The predicted octanol–water partition coefficient (Wildman–Crippen LogP) is 3.91. The third-order valence-electron chi connectivity index (χ3n) is 2.71. The second-order valence-corrected chi connectivity index (χ2v) is 6.24. The molecule has 0 radical (unpaired) electrons. The van der Waals surface area contributed by atoms with Crippen LogP contribution < -0.4 is 0 Å². The monoisotopic (exact) mass is 255 g/mol. The molecule has 0 saturated heterocycles. The Morgan fingerprint density at radius 1 is 1.29 bits per heavy atom. The highest BCUT2D eigenvalue weighted by atomic mass is 35.5. The molecule has 0 aliphatic heterocycles. The molecule has 0 heterocycles. The minimum absolute atomic E-state index is 0.146. The summed E-state index contributed by atoms with van der Waals surface area (Å²) in [5.74, 6) is 0.146. The van der Waals surface area contributed by atoms with E-state index in [1.54, 1.807) is 6.07 Å². The molecule has 96 valence electrons. The third kappa shape index (κ3) is 5.42. The van der Waals surface area contributed by atoms with Gasteiger partial charge in [-0.25, -0.2) is 0 Å². The minimum Gasteiger partial charge on any atom is -0.506 e. The van der Waals surface area contributed by atoms with Crippen LogP contribution in [0.2, 0.25) is 5.02 Å². The van der Waals surface area contributed by atoms with Gasteiger partial charge in [0.25, 0.3) is 0 Å². The van der Waals surface area contributed by atoms with Gasteiger partial charge in [0.15, 0.2) is 0 Å². The summed E-state index contributed by atoms with van der Waals surface area (Å²) in [6.45, 7) is 8.66. The molecule has 0 aliphatic carbocycles. The second kappa shape index (κ2) is 5.74. The lowest BCUT2D eigenvalue weighted by atomic mass is 9.92. The minimum atomic E-state index is 0.146. The summed E-state index contributed by atoms with van der Waals surface area (Å²) in [6, 6.07) is 5.38. The zero-order chi connectivity index (χ0) is 13.1. The number of benzene rings is 1. The largest absolute Gasteiger partial charge is 0.506 e. The van der Waals surface area contributed by atoms with E-state index in [1.165, 1.54) is 0 Å². The number of nitrogens with zero attached hydrogens (tertiary/aromatic N) is 1. The fourth-order valence-electron chi connectivity index (χ4n) is 1.57. The number of hydrogen-bond acceptors (Lipinski definition) is 2. The molecule has 1 aromatic rings. The first kappa shape index (κ1) is 14.3. The Labute approximate surface area is 109 Å². The second-order valence-electron chi connectivity index (χ2n) is 5.83. The summed E-state index contributed by atoms with van der Waals surface area (Å²) in [5.41, 5.74) is 1.49. The van der Waals surface area contributed by atoms with Crippen molar-refractivity contribution in [3.8, 4) is 5.75 Å². The van der Waals surface area contributed by atoms with E-state index >= 15 is 0 Å². The topological polar surface area (TPSA) is 23.5 Å². The van der Waals surface area contributed by atoms with Crippen molar-refractivity contribution in [3.63, 3.8) is 0 Å². The number of rotatable bonds is 4. The molecule has 0 unspecified atom stereocenters. The van der Waals surface area contributed by atoms with Gasteiger partial charge < -0.3 is 10.0 Å². The molecule has 0 saturated carbocycles. The van der Waals surface area contributed by atoms with E-state index in [0.717, 1.165) is 25.1 Å². The van der Waals surface area contributed by atoms with Crippen LogP contribution in [0.3, 0.4) is 0 Å². The maximum absolute atomic E-state index is 9.34. The number of hydrogen-bond donors (Lipinski definition) is 1. The van der Waals surface area contributed by atoms with Gasteiger partial charge in [-0.3, -0.25) is 0 Å². The summed E-state index contributed by atoms with van der Waals surface area (Å²) >= 11 is 5.88. The lowest BCUT2D eigenvalue weighted by molar-refractivity contribution is 0.259.